The van der Waals surface area contributed by atoms with Gasteiger partial charge in [0.25, 0.3) is 0 Å². The average Bonchev–Trinajstić information content (AvgIpc) is 2.69. The molecule has 1 atom stereocenters. The third-order valence-corrected chi connectivity index (χ3v) is 4.86. The molecule has 1 aromatic carbocycles. The number of rotatable bonds is 6. The summed E-state index contributed by atoms with van der Waals surface area (Å²) >= 11 is 0. The topological polar surface area (TPSA) is 71.1 Å². The number of carbonyl (C=O) groups is 2. The van der Waals surface area contributed by atoms with E-state index in [9.17, 15) is 9.59 Å². The Morgan fingerprint density at radius 2 is 1.93 bits per heavy atom. The Labute approximate surface area is 159 Å². The van der Waals surface area contributed by atoms with Crippen LogP contribution in [0.1, 0.15) is 25.5 Å². The Morgan fingerprint density at radius 3 is 2.56 bits per heavy atom. The van der Waals surface area contributed by atoms with Gasteiger partial charge in [-0.15, -0.1) is 0 Å². The third kappa shape index (κ3) is 4.31. The van der Waals surface area contributed by atoms with Crippen molar-refractivity contribution in [1.82, 2.24) is 15.1 Å². The molecule has 0 aliphatic carbocycles. The number of likely N-dealkylation sites (N-methyl/N-ethyl adjacent to an activating group) is 1. The van der Waals surface area contributed by atoms with Crippen molar-refractivity contribution in [2.45, 2.75) is 19.9 Å². The van der Waals surface area contributed by atoms with Crippen LogP contribution >= 0.6 is 0 Å². The van der Waals surface area contributed by atoms with Crippen molar-refractivity contribution in [3.63, 3.8) is 0 Å². The molecule has 0 bridgehead atoms. The molecule has 0 saturated carbocycles. The summed E-state index contributed by atoms with van der Waals surface area (Å²) in [5.74, 6) is -0.381. The van der Waals surface area contributed by atoms with Gasteiger partial charge in [0, 0.05) is 31.9 Å². The van der Waals surface area contributed by atoms with Gasteiger partial charge in [-0.05, 0) is 19.4 Å². The van der Waals surface area contributed by atoms with Crippen LogP contribution < -0.4 is 5.32 Å². The quantitative estimate of drug-likeness (QED) is 0.772. The van der Waals surface area contributed by atoms with Gasteiger partial charge in [0.15, 0.2) is 0 Å². The minimum absolute atomic E-state index is 0.192. The SMILES string of the molecule is CCOC(=O)C1=C(CN2CCOCC2)N(CC)C(=O)N[C@H]1c1ccccc1. The van der Waals surface area contributed by atoms with Crippen LogP contribution in [0.4, 0.5) is 4.79 Å². The zero-order chi connectivity index (χ0) is 19.2. The molecule has 3 rings (SSSR count). The van der Waals surface area contributed by atoms with Crippen molar-refractivity contribution in [1.29, 1.82) is 0 Å². The molecule has 1 saturated heterocycles. The van der Waals surface area contributed by atoms with Crippen molar-refractivity contribution in [3.8, 4) is 0 Å². The molecule has 2 aliphatic heterocycles. The lowest BCUT2D eigenvalue weighted by atomic mass is 9.94. The van der Waals surface area contributed by atoms with Crippen LogP contribution in [-0.2, 0) is 14.3 Å². The second-order valence-corrected chi connectivity index (χ2v) is 6.51. The molecule has 2 aliphatic rings. The van der Waals surface area contributed by atoms with Crippen LogP contribution in [0, 0.1) is 0 Å². The van der Waals surface area contributed by atoms with E-state index < -0.39 is 6.04 Å². The molecule has 0 radical (unpaired) electrons. The Morgan fingerprint density at radius 1 is 1.22 bits per heavy atom. The summed E-state index contributed by atoms with van der Waals surface area (Å²) in [6, 6.07) is 8.83. The number of nitrogens with zero attached hydrogens (tertiary/aromatic N) is 2. The van der Waals surface area contributed by atoms with Crippen molar-refractivity contribution in [2.24, 2.45) is 0 Å². The first-order chi connectivity index (χ1) is 13.2. The number of amides is 2. The van der Waals surface area contributed by atoms with Crippen molar-refractivity contribution < 1.29 is 19.1 Å². The number of benzene rings is 1. The minimum Gasteiger partial charge on any atom is -0.463 e. The molecule has 7 heteroatoms. The molecule has 2 heterocycles. The summed E-state index contributed by atoms with van der Waals surface area (Å²) in [5, 5.41) is 2.98. The van der Waals surface area contributed by atoms with Crippen molar-refractivity contribution in [2.75, 3.05) is 46.0 Å². The van der Waals surface area contributed by atoms with Gasteiger partial charge in [-0.25, -0.2) is 9.59 Å². The van der Waals surface area contributed by atoms with E-state index in [2.05, 4.69) is 10.2 Å². The fourth-order valence-corrected chi connectivity index (χ4v) is 3.52. The Balaban J connectivity index is 2.05. The minimum atomic E-state index is -0.517. The average molecular weight is 373 g/mol. The Bertz CT molecular complexity index is 698. The molecule has 1 aromatic rings. The number of carbonyl (C=O) groups excluding carboxylic acids is 2. The predicted molar refractivity (Wildman–Crippen MR) is 101 cm³/mol. The first kappa shape index (κ1) is 19.4. The number of nitrogens with one attached hydrogen (secondary N) is 1. The maximum absolute atomic E-state index is 12.9. The summed E-state index contributed by atoms with van der Waals surface area (Å²) in [4.78, 5) is 29.5. The van der Waals surface area contributed by atoms with Crippen molar-refractivity contribution >= 4 is 12.0 Å². The number of ether oxygens (including phenoxy) is 2. The molecule has 1 N–H and O–H groups in total. The van der Waals surface area contributed by atoms with Crippen LogP contribution in [0.15, 0.2) is 41.6 Å². The zero-order valence-electron chi connectivity index (χ0n) is 15.9. The van der Waals surface area contributed by atoms with Crippen LogP contribution in [0.3, 0.4) is 0 Å². The molecule has 2 amide bonds. The van der Waals surface area contributed by atoms with E-state index in [-0.39, 0.29) is 18.6 Å². The summed E-state index contributed by atoms with van der Waals surface area (Å²) in [7, 11) is 0. The lowest BCUT2D eigenvalue weighted by Crippen LogP contribution is -2.51. The van der Waals surface area contributed by atoms with Gasteiger partial charge in [-0.2, -0.15) is 0 Å². The van der Waals surface area contributed by atoms with E-state index in [0.29, 0.717) is 31.9 Å². The van der Waals surface area contributed by atoms with Gasteiger partial charge in [0.2, 0.25) is 0 Å². The highest BCUT2D eigenvalue weighted by Gasteiger charge is 2.38. The number of hydrogen-bond acceptors (Lipinski definition) is 5. The molecule has 7 nitrogen and oxygen atoms in total. The summed E-state index contributed by atoms with van der Waals surface area (Å²) in [6.45, 7) is 7.84. The van der Waals surface area contributed by atoms with Crippen LogP contribution in [0.5, 0.6) is 0 Å². The largest absolute Gasteiger partial charge is 0.463 e. The Hall–Kier alpha value is -2.38. The first-order valence-electron chi connectivity index (χ1n) is 9.48. The van der Waals surface area contributed by atoms with Gasteiger partial charge in [-0.3, -0.25) is 9.80 Å². The van der Waals surface area contributed by atoms with Gasteiger partial charge >= 0.3 is 12.0 Å². The van der Waals surface area contributed by atoms with E-state index in [1.54, 1.807) is 11.8 Å². The predicted octanol–water partition coefficient (Wildman–Crippen LogP) is 1.92. The highest BCUT2D eigenvalue weighted by molar-refractivity contribution is 5.95. The lowest BCUT2D eigenvalue weighted by molar-refractivity contribution is -0.139. The summed E-state index contributed by atoms with van der Waals surface area (Å²) < 4.78 is 10.8. The molecule has 0 unspecified atom stereocenters. The fraction of sp³-hybridized carbons (Fsp3) is 0.500. The molecule has 0 spiro atoms. The van der Waals surface area contributed by atoms with E-state index in [0.717, 1.165) is 24.4 Å². The van der Waals surface area contributed by atoms with Gasteiger partial charge in [0.05, 0.1) is 31.4 Å². The van der Waals surface area contributed by atoms with Gasteiger partial charge in [-0.1, -0.05) is 30.3 Å². The van der Waals surface area contributed by atoms with E-state index in [4.69, 9.17) is 9.47 Å². The van der Waals surface area contributed by atoms with Crippen LogP contribution in [0.2, 0.25) is 0 Å². The van der Waals surface area contributed by atoms with E-state index >= 15 is 0 Å². The third-order valence-electron chi connectivity index (χ3n) is 4.86. The first-order valence-corrected chi connectivity index (χ1v) is 9.48. The number of esters is 1. The second kappa shape index (κ2) is 9.01. The second-order valence-electron chi connectivity index (χ2n) is 6.51. The monoisotopic (exact) mass is 373 g/mol. The maximum Gasteiger partial charge on any atom is 0.338 e. The molecular formula is C20H27N3O4. The lowest BCUT2D eigenvalue weighted by Gasteiger charge is -2.38. The number of morpholine rings is 1. The van der Waals surface area contributed by atoms with Crippen LogP contribution in [-0.4, -0.2) is 67.8 Å². The van der Waals surface area contributed by atoms with Gasteiger partial charge < -0.3 is 14.8 Å². The molecule has 27 heavy (non-hydrogen) atoms. The maximum atomic E-state index is 12.9. The molecule has 146 valence electrons. The smallest absolute Gasteiger partial charge is 0.338 e. The highest BCUT2D eigenvalue weighted by Crippen LogP contribution is 2.32. The molecular weight excluding hydrogens is 346 g/mol. The van der Waals surface area contributed by atoms with Crippen molar-refractivity contribution in [3.05, 3.63) is 47.2 Å². The number of urea groups is 1. The molecule has 1 fully saturated rings. The van der Waals surface area contributed by atoms with E-state index in [1.807, 2.05) is 37.3 Å². The number of hydrogen-bond donors (Lipinski definition) is 1. The van der Waals surface area contributed by atoms with E-state index in [1.165, 1.54) is 0 Å². The summed E-state index contributed by atoms with van der Waals surface area (Å²) in [5.41, 5.74) is 2.09. The Kier molecular flexibility index (Phi) is 6.47. The zero-order valence-corrected chi connectivity index (χ0v) is 15.9. The standard InChI is InChI=1S/C20H27N3O4/c1-3-23-16(14-22-10-12-26-13-11-22)17(19(24)27-4-2)18(21-20(23)25)15-8-6-5-7-9-15/h5-9,18H,3-4,10-14H2,1-2H3,(H,21,25)/t18-/m0/s1. The molecule has 0 aromatic heterocycles. The summed E-state index contributed by atoms with van der Waals surface area (Å²) in [6.07, 6.45) is 0. The van der Waals surface area contributed by atoms with Gasteiger partial charge in [0.1, 0.15) is 0 Å². The normalized spacial score (nSPS) is 21.2. The van der Waals surface area contributed by atoms with Crippen LogP contribution in [0.25, 0.3) is 0 Å². The highest BCUT2D eigenvalue weighted by atomic mass is 16.5. The fourth-order valence-electron chi connectivity index (χ4n) is 3.52.